The molecule has 0 aromatic heterocycles. The molecule has 1 nitrogen and oxygen atoms in total. The summed E-state index contributed by atoms with van der Waals surface area (Å²) in [5, 5.41) is 3.94. The van der Waals surface area contributed by atoms with Crippen molar-refractivity contribution < 1.29 is 0 Å². The first kappa shape index (κ1) is 32.2. The molecule has 1 N–H and O–H groups in total. The van der Waals surface area contributed by atoms with Gasteiger partial charge in [-0.05, 0) is 55.7 Å². The Balaban J connectivity index is 2.51. The summed E-state index contributed by atoms with van der Waals surface area (Å²) < 4.78 is 0. The van der Waals surface area contributed by atoms with Gasteiger partial charge in [-0.25, -0.2) is 0 Å². The van der Waals surface area contributed by atoms with Crippen LogP contribution >= 0.6 is 0 Å². The normalized spacial score (nSPS) is 12.5. The van der Waals surface area contributed by atoms with Crippen molar-refractivity contribution in [3.8, 4) is 0 Å². The van der Waals surface area contributed by atoms with Crippen molar-refractivity contribution in [3.63, 3.8) is 0 Å². The summed E-state index contributed by atoms with van der Waals surface area (Å²) in [6.07, 6.45) is 28.8. The van der Waals surface area contributed by atoms with Gasteiger partial charge in [-0.1, -0.05) is 155 Å². The molecule has 1 heteroatoms. The predicted octanol–water partition coefficient (Wildman–Crippen LogP) is 11.2. The fourth-order valence-electron chi connectivity index (χ4n) is 5.47. The molecule has 0 spiro atoms. The molecule has 0 saturated carbocycles. The van der Waals surface area contributed by atoms with Gasteiger partial charge >= 0.3 is 0 Å². The van der Waals surface area contributed by atoms with E-state index in [0.29, 0.717) is 0 Å². The third-order valence-electron chi connectivity index (χ3n) is 7.92. The first-order chi connectivity index (χ1) is 17.2. The highest BCUT2D eigenvalue weighted by atomic mass is 14.9. The molecule has 0 bridgehead atoms. The minimum Gasteiger partial charge on any atom is -0.314 e. The van der Waals surface area contributed by atoms with E-state index in [4.69, 9.17) is 0 Å². The summed E-state index contributed by atoms with van der Waals surface area (Å²) in [5.74, 6) is 0.770. The van der Waals surface area contributed by atoms with E-state index < -0.39 is 0 Å². The van der Waals surface area contributed by atoms with Crippen LogP contribution in [-0.4, -0.2) is 12.6 Å². The molecular formula is C34H63N. The maximum absolute atomic E-state index is 3.94. The number of hydrogen-bond donors (Lipinski definition) is 1. The molecule has 0 heterocycles. The molecule has 0 aliphatic heterocycles. The fraction of sp³-hybridized carbons (Fsp3) is 0.824. The van der Waals surface area contributed by atoms with E-state index in [1.54, 1.807) is 5.56 Å². The molecule has 35 heavy (non-hydrogen) atoms. The first-order valence-corrected chi connectivity index (χ1v) is 16.1. The first-order valence-electron chi connectivity index (χ1n) is 16.1. The number of rotatable bonds is 25. The maximum atomic E-state index is 3.94. The Morgan fingerprint density at radius 3 is 1.49 bits per heavy atom. The lowest BCUT2D eigenvalue weighted by molar-refractivity contribution is 0.418. The Morgan fingerprint density at radius 1 is 0.514 bits per heavy atom. The van der Waals surface area contributed by atoms with Crippen LogP contribution in [-0.2, 0) is 6.42 Å². The van der Waals surface area contributed by atoms with Gasteiger partial charge in [0, 0.05) is 6.04 Å². The van der Waals surface area contributed by atoms with E-state index in [-0.39, 0.29) is 0 Å². The quantitative estimate of drug-likeness (QED) is 0.136. The van der Waals surface area contributed by atoms with Crippen LogP contribution in [0, 0.1) is 0 Å². The minimum atomic E-state index is 0.720. The third kappa shape index (κ3) is 17.3. The highest BCUT2D eigenvalue weighted by Gasteiger charge is 2.12. The monoisotopic (exact) mass is 485 g/mol. The lowest BCUT2D eigenvalue weighted by Gasteiger charge is -2.20. The van der Waals surface area contributed by atoms with Crippen LogP contribution in [0.1, 0.15) is 173 Å². The fourth-order valence-corrected chi connectivity index (χ4v) is 5.47. The van der Waals surface area contributed by atoms with Crippen LogP contribution in [0.2, 0.25) is 0 Å². The third-order valence-corrected chi connectivity index (χ3v) is 7.92. The van der Waals surface area contributed by atoms with Crippen molar-refractivity contribution >= 4 is 0 Å². The molecule has 1 atom stereocenters. The van der Waals surface area contributed by atoms with Crippen molar-refractivity contribution in [2.45, 2.75) is 174 Å². The minimum absolute atomic E-state index is 0.720. The molecule has 0 aliphatic carbocycles. The second kappa shape index (κ2) is 23.6. The van der Waals surface area contributed by atoms with E-state index in [1.807, 2.05) is 0 Å². The molecule has 1 unspecified atom stereocenters. The van der Waals surface area contributed by atoms with E-state index in [1.165, 1.54) is 134 Å². The zero-order chi connectivity index (χ0) is 25.4. The Hall–Kier alpha value is -0.820. The Bertz CT molecular complexity index is 536. The predicted molar refractivity (Wildman–Crippen MR) is 160 cm³/mol. The van der Waals surface area contributed by atoms with Gasteiger partial charge in [0.25, 0.3) is 0 Å². The second-order valence-corrected chi connectivity index (χ2v) is 11.2. The lowest BCUT2D eigenvalue weighted by Crippen LogP contribution is -2.31. The van der Waals surface area contributed by atoms with Gasteiger partial charge < -0.3 is 5.32 Å². The molecule has 0 amide bonds. The largest absolute Gasteiger partial charge is 0.314 e. The highest BCUT2D eigenvalue weighted by Crippen LogP contribution is 2.29. The summed E-state index contributed by atoms with van der Waals surface area (Å²) in [6, 6.07) is 10.5. The zero-order valence-electron chi connectivity index (χ0n) is 24.5. The molecule has 0 radical (unpaired) electrons. The van der Waals surface area contributed by atoms with Crippen molar-refractivity contribution in [1.29, 1.82) is 0 Å². The van der Waals surface area contributed by atoms with E-state index in [2.05, 4.69) is 57.3 Å². The van der Waals surface area contributed by atoms with Crippen molar-refractivity contribution in [2.75, 3.05) is 6.54 Å². The van der Waals surface area contributed by atoms with Crippen LogP contribution in [0.3, 0.4) is 0 Å². The van der Waals surface area contributed by atoms with E-state index >= 15 is 0 Å². The van der Waals surface area contributed by atoms with Crippen LogP contribution in [0.15, 0.2) is 24.3 Å². The van der Waals surface area contributed by atoms with Gasteiger partial charge in [-0.15, -0.1) is 0 Å². The van der Waals surface area contributed by atoms with E-state index in [0.717, 1.165) is 24.9 Å². The zero-order valence-corrected chi connectivity index (χ0v) is 24.5. The Kier molecular flexibility index (Phi) is 21.7. The smallest absolute Gasteiger partial charge is 0.00671 e. The van der Waals surface area contributed by atoms with Gasteiger partial charge in [-0.3, -0.25) is 0 Å². The molecule has 1 rings (SSSR count). The summed E-state index contributed by atoms with van der Waals surface area (Å²) >= 11 is 0. The lowest BCUT2D eigenvalue weighted by atomic mass is 9.87. The molecule has 0 aliphatic rings. The van der Waals surface area contributed by atoms with Crippen molar-refractivity contribution in [3.05, 3.63) is 35.4 Å². The summed E-state index contributed by atoms with van der Waals surface area (Å²) in [5.41, 5.74) is 3.10. The molecule has 1 aromatic carbocycles. The van der Waals surface area contributed by atoms with Gasteiger partial charge in [0.15, 0.2) is 0 Å². The summed E-state index contributed by atoms with van der Waals surface area (Å²) in [4.78, 5) is 0. The number of unbranched alkanes of at least 4 members (excludes halogenated alkanes) is 12. The van der Waals surface area contributed by atoms with Crippen LogP contribution in [0.25, 0.3) is 0 Å². The number of benzene rings is 1. The topological polar surface area (TPSA) is 12.0 Å². The van der Waals surface area contributed by atoms with Crippen LogP contribution < -0.4 is 5.32 Å². The van der Waals surface area contributed by atoms with E-state index in [9.17, 15) is 0 Å². The molecule has 1 aromatic rings. The van der Waals surface area contributed by atoms with Crippen molar-refractivity contribution in [2.24, 2.45) is 0 Å². The Labute approximate surface area is 221 Å². The number of nitrogens with one attached hydrogen (secondary N) is 1. The SMILES string of the molecule is CCCCCCCC(CCCCC)NCCc1ccc(C(CCCCCC)CCCCCC)cc1. The highest BCUT2D eigenvalue weighted by molar-refractivity contribution is 5.25. The van der Waals surface area contributed by atoms with Gasteiger partial charge in [0.1, 0.15) is 0 Å². The summed E-state index contributed by atoms with van der Waals surface area (Å²) in [6.45, 7) is 10.4. The summed E-state index contributed by atoms with van der Waals surface area (Å²) in [7, 11) is 0. The maximum Gasteiger partial charge on any atom is 0.00671 e. The molecule has 0 fully saturated rings. The number of hydrogen-bond acceptors (Lipinski definition) is 1. The average Bonchev–Trinajstić information content (AvgIpc) is 2.88. The van der Waals surface area contributed by atoms with Crippen LogP contribution in [0.4, 0.5) is 0 Å². The standard InChI is InChI=1S/C34H63N/c1-5-9-13-16-20-24-34(23-17-12-8-4)35-30-29-31-25-27-33(28-26-31)32(21-18-14-10-6-2)22-19-15-11-7-3/h25-28,32,34-35H,5-24,29-30H2,1-4H3. The van der Waals surface area contributed by atoms with Gasteiger partial charge in [0.05, 0.1) is 0 Å². The van der Waals surface area contributed by atoms with Gasteiger partial charge in [0.2, 0.25) is 0 Å². The van der Waals surface area contributed by atoms with Gasteiger partial charge in [-0.2, -0.15) is 0 Å². The molecule has 204 valence electrons. The van der Waals surface area contributed by atoms with Crippen molar-refractivity contribution in [1.82, 2.24) is 5.32 Å². The molecule has 0 saturated heterocycles. The second-order valence-electron chi connectivity index (χ2n) is 11.2. The average molecular weight is 486 g/mol. The molecular weight excluding hydrogens is 422 g/mol. The Morgan fingerprint density at radius 2 is 0.943 bits per heavy atom. The van der Waals surface area contributed by atoms with Crippen LogP contribution in [0.5, 0.6) is 0 Å².